The minimum Gasteiger partial charge on any atom is -0.490 e. The van der Waals surface area contributed by atoms with Gasteiger partial charge in [-0.1, -0.05) is 31.0 Å². The molecule has 4 aliphatic rings. The Morgan fingerprint density at radius 1 is 1.11 bits per heavy atom. The van der Waals surface area contributed by atoms with Crippen LogP contribution in [0, 0.1) is 17.8 Å². The Labute approximate surface area is 282 Å². The van der Waals surface area contributed by atoms with E-state index in [4.69, 9.17) is 16.3 Å². The zero-order valence-corrected chi connectivity index (χ0v) is 28.8. The number of aromatic nitrogens is 2. The van der Waals surface area contributed by atoms with E-state index in [1.165, 1.54) is 11.1 Å². The van der Waals surface area contributed by atoms with Crippen molar-refractivity contribution in [2.24, 2.45) is 17.8 Å². The molecule has 252 valence electrons. The van der Waals surface area contributed by atoms with E-state index in [2.05, 4.69) is 26.9 Å². The van der Waals surface area contributed by atoms with Gasteiger partial charge in [-0.05, 0) is 117 Å². The number of carbonyl (C=O) groups is 1. The SMILES string of the molecule is C[C@@H]1[C@@H](C)CCC[C@@](O)(Cn2cccn2)[C@@H]2CC[C@H]2CN2CC3(CCCc4cc(Cl)ccc43)COc3ccc(cc32)C(=O)NS1(=O)=O. The second-order valence-electron chi connectivity index (χ2n) is 14.6. The lowest BCUT2D eigenvalue weighted by Crippen LogP contribution is -2.54. The van der Waals surface area contributed by atoms with Crippen LogP contribution in [0.2, 0.25) is 5.02 Å². The largest absolute Gasteiger partial charge is 0.490 e. The molecule has 1 amide bonds. The Hall–Kier alpha value is -3.08. The van der Waals surface area contributed by atoms with Gasteiger partial charge in [0.15, 0.2) is 0 Å². The van der Waals surface area contributed by atoms with E-state index in [0.717, 1.165) is 42.8 Å². The van der Waals surface area contributed by atoms with E-state index in [1.54, 1.807) is 31.3 Å². The second-order valence-corrected chi connectivity index (χ2v) is 17.1. The van der Waals surface area contributed by atoms with Gasteiger partial charge in [-0.2, -0.15) is 5.10 Å². The zero-order valence-electron chi connectivity index (χ0n) is 27.2. The molecule has 2 aromatic carbocycles. The van der Waals surface area contributed by atoms with Gasteiger partial charge in [0.2, 0.25) is 10.0 Å². The summed E-state index contributed by atoms with van der Waals surface area (Å²) in [5.41, 5.74) is 2.26. The van der Waals surface area contributed by atoms with Crippen molar-refractivity contribution >= 4 is 33.2 Å². The van der Waals surface area contributed by atoms with Gasteiger partial charge >= 0.3 is 0 Å². The summed E-state index contributed by atoms with van der Waals surface area (Å²) in [5, 5.41) is 16.8. The molecular weight excluding hydrogens is 636 g/mol. The molecule has 2 aliphatic heterocycles. The van der Waals surface area contributed by atoms with Gasteiger partial charge in [0, 0.05) is 41.5 Å². The number of benzene rings is 2. The molecule has 2 aliphatic carbocycles. The maximum atomic E-state index is 13.5. The van der Waals surface area contributed by atoms with E-state index in [0.29, 0.717) is 51.3 Å². The smallest absolute Gasteiger partial charge is 0.264 e. The number of anilines is 1. The number of rotatable bonds is 2. The summed E-state index contributed by atoms with van der Waals surface area (Å²) in [6, 6.07) is 13.3. The first kappa shape index (κ1) is 32.5. The average molecular weight is 681 g/mol. The molecule has 1 fully saturated rings. The average Bonchev–Trinajstić information content (AvgIpc) is 3.47. The highest BCUT2D eigenvalue weighted by atomic mass is 35.5. The predicted octanol–water partition coefficient (Wildman–Crippen LogP) is 5.74. The van der Waals surface area contributed by atoms with Crippen LogP contribution in [0.15, 0.2) is 54.9 Å². The number of aliphatic hydroxyl groups is 1. The van der Waals surface area contributed by atoms with Crippen molar-refractivity contribution in [3.05, 3.63) is 76.6 Å². The summed E-state index contributed by atoms with van der Waals surface area (Å²) in [5.74, 6) is 0.0935. The molecule has 2 bridgehead atoms. The number of sulfonamides is 1. The maximum absolute atomic E-state index is 13.5. The van der Waals surface area contributed by atoms with Gasteiger partial charge < -0.3 is 14.7 Å². The number of aryl methyl sites for hydroxylation is 1. The third kappa shape index (κ3) is 6.17. The van der Waals surface area contributed by atoms with Crippen molar-refractivity contribution in [1.29, 1.82) is 0 Å². The second kappa shape index (κ2) is 12.4. The Morgan fingerprint density at radius 2 is 1.96 bits per heavy atom. The number of halogens is 1. The number of nitrogens with one attached hydrogen (secondary N) is 1. The van der Waals surface area contributed by atoms with Crippen molar-refractivity contribution in [2.45, 2.75) is 88.0 Å². The molecule has 11 heteroatoms. The van der Waals surface area contributed by atoms with Crippen LogP contribution in [0.1, 0.15) is 80.3 Å². The van der Waals surface area contributed by atoms with Crippen LogP contribution in [0.3, 0.4) is 0 Å². The summed E-state index contributed by atoms with van der Waals surface area (Å²) in [7, 11) is -3.95. The van der Waals surface area contributed by atoms with Crippen LogP contribution < -0.4 is 14.4 Å². The van der Waals surface area contributed by atoms with Crippen LogP contribution in [0.25, 0.3) is 0 Å². The molecule has 6 atom stereocenters. The van der Waals surface area contributed by atoms with Crippen molar-refractivity contribution in [1.82, 2.24) is 14.5 Å². The van der Waals surface area contributed by atoms with Crippen molar-refractivity contribution in [2.75, 3.05) is 24.6 Å². The highest BCUT2D eigenvalue weighted by molar-refractivity contribution is 7.90. The first-order chi connectivity index (χ1) is 22.5. The van der Waals surface area contributed by atoms with Gasteiger partial charge in [0.1, 0.15) is 5.75 Å². The normalized spacial score (nSPS) is 32.3. The van der Waals surface area contributed by atoms with Crippen molar-refractivity contribution in [3.63, 3.8) is 0 Å². The third-order valence-electron chi connectivity index (χ3n) is 11.7. The van der Waals surface area contributed by atoms with Gasteiger partial charge in [-0.25, -0.2) is 13.1 Å². The Balaban J connectivity index is 1.31. The topological polar surface area (TPSA) is 114 Å². The maximum Gasteiger partial charge on any atom is 0.264 e. The monoisotopic (exact) mass is 680 g/mol. The molecule has 9 nitrogen and oxygen atoms in total. The molecule has 1 spiro atoms. The molecule has 3 heterocycles. The van der Waals surface area contributed by atoms with E-state index in [-0.39, 0.29) is 28.7 Å². The summed E-state index contributed by atoms with van der Waals surface area (Å²) >= 11 is 6.44. The highest BCUT2D eigenvalue weighted by Crippen LogP contribution is 2.49. The first-order valence-corrected chi connectivity index (χ1v) is 19.0. The quantitative estimate of drug-likeness (QED) is 0.355. The minimum absolute atomic E-state index is 0.0450. The first-order valence-electron chi connectivity index (χ1n) is 17.0. The summed E-state index contributed by atoms with van der Waals surface area (Å²) in [6.45, 7) is 5.79. The molecule has 47 heavy (non-hydrogen) atoms. The molecule has 1 saturated carbocycles. The van der Waals surface area contributed by atoms with Crippen LogP contribution in [0.5, 0.6) is 5.75 Å². The molecular formula is C36H45ClN4O5S. The predicted molar refractivity (Wildman–Crippen MR) is 182 cm³/mol. The van der Waals surface area contributed by atoms with E-state index in [1.807, 2.05) is 29.9 Å². The number of carbonyl (C=O) groups excluding carboxylic acids is 1. The van der Waals surface area contributed by atoms with Gasteiger partial charge in [-0.15, -0.1) is 0 Å². The molecule has 0 radical (unpaired) electrons. The molecule has 0 saturated heterocycles. The Morgan fingerprint density at radius 3 is 2.72 bits per heavy atom. The van der Waals surface area contributed by atoms with Gasteiger partial charge in [0.05, 0.1) is 29.7 Å². The molecule has 2 N–H and O–H groups in total. The Kier molecular flexibility index (Phi) is 8.58. The molecule has 1 unspecified atom stereocenters. The van der Waals surface area contributed by atoms with Crippen LogP contribution >= 0.6 is 11.6 Å². The fraction of sp³-hybridized carbons (Fsp3) is 0.556. The number of ether oxygens (including phenoxy) is 1. The van der Waals surface area contributed by atoms with Crippen molar-refractivity contribution < 1.29 is 23.1 Å². The zero-order chi connectivity index (χ0) is 33.0. The lowest BCUT2D eigenvalue weighted by atomic mass is 9.62. The van der Waals surface area contributed by atoms with Crippen LogP contribution in [-0.2, 0) is 28.4 Å². The third-order valence-corrected chi connectivity index (χ3v) is 13.8. The standard InChI is InChI=1S/C36H45ClN4O5S/c1-24-6-3-15-36(43,22-41-17-5-16-38-41)31-11-8-28(31)20-40-21-35(14-4-7-26-18-29(37)10-12-30(26)35)23-46-33-13-9-27(19-32(33)40)34(42)39-47(44,45)25(24)2/h5,9-10,12-13,16-19,24-25,28,31,43H,3-4,6-8,11,14-15,20-23H2,1-2H3,(H,39,42)/t24-,25+,28-,31+,35?,36+/m0/s1. The van der Waals surface area contributed by atoms with E-state index in [9.17, 15) is 18.3 Å². The number of amides is 1. The fourth-order valence-electron chi connectivity index (χ4n) is 8.64. The highest BCUT2D eigenvalue weighted by Gasteiger charge is 2.49. The number of fused-ring (bicyclic) bond motifs is 4. The number of hydrogen-bond donors (Lipinski definition) is 2. The summed E-state index contributed by atoms with van der Waals surface area (Å²) < 4.78 is 37.6. The number of nitrogens with zero attached hydrogens (tertiary/aromatic N) is 3. The summed E-state index contributed by atoms with van der Waals surface area (Å²) in [4.78, 5) is 15.8. The van der Waals surface area contributed by atoms with Gasteiger partial charge in [0.25, 0.3) is 5.91 Å². The lowest BCUT2D eigenvalue weighted by molar-refractivity contribution is -0.101. The van der Waals surface area contributed by atoms with E-state index >= 15 is 0 Å². The van der Waals surface area contributed by atoms with Gasteiger partial charge in [-0.3, -0.25) is 9.48 Å². The summed E-state index contributed by atoms with van der Waals surface area (Å²) in [6.07, 6.45) is 10.3. The molecule has 3 aromatic rings. The number of hydrogen-bond acceptors (Lipinski definition) is 7. The molecule has 7 rings (SSSR count). The molecule has 1 aromatic heterocycles. The fourth-order valence-corrected chi connectivity index (χ4v) is 10.1. The minimum atomic E-state index is -3.95. The van der Waals surface area contributed by atoms with Crippen LogP contribution in [-0.4, -0.2) is 59.8 Å². The van der Waals surface area contributed by atoms with E-state index < -0.39 is 26.8 Å². The van der Waals surface area contributed by atoms with Crippen LogP contribution in [0.4, 0.5) is 5.69 Å². The Bertz CT molecular complexity index is 1750. The lowest BCUT2D eigenvalue weighted by Gasteiger charge is -2.50. The van der Waals surface area contributed by atoms with Crippen molar-refractivity contribution in [3.8, 4) is 5.75 Å².